The van der Waals surface area contributed by atoms with Gasteiger partial charge in [0.1, 0.15) is 5.41 Å². The monoisotopic (exact) mass is 298 g/mol. The van der Waals surface area contributed by atoms with Crippen LogP contribution in [0.15, 0.2) is 12.2 Å². The fraction of sp³-hybridized carbons (Fsp3) is 0.778. The van der Waals surface area contributed by atoms with Crippen LogP contribution in [0, 0.1) is 11.3 Å². The van der Waals surface area contributed by atoms with Gasteiger partial charge in [0.15, 0.2) is 4.87 Å². The Balaban J connectivity index is 2.52. The van der Waals surface area contributed by atoms with Gasteiger partial charge >= 0.3 is 12.4 Å². The summed E-state index contributed by atoms with van der Waals surface area (Å²) in [6, 6.07) is 0. The number of hydrogen-bond donors (Lipinski definition) is 0. The number of halogens is 8. The van der Waals surface area contributed by atoms with Crippen molar-refractivity contribution in [1.82, 2.24) is 0 Å². The highest BCUT2D eigenvalue weighted by atomic mass is 35.5. The van der Waals surface area contributed by atoms with Gasteiger partial charge in [-0.2, -0.15) is 26.3 Å². The van der Waals surface area contributed by atoms with Crippen LogP contribution in [0.4, 0.5) is 26.3 Å². The molecule has 2 aliphatic carbocycles. The molecule has 2 bridgehead atoms. The first-order valence-electron chi connectivity index (χ1n) is 4.62. The Labute approximate surface area is 103 Å². The highest BCUT2D eigenvalue weighted by Gasteiger charge is 2.79. The third-order valence-corrected chi connectivity index (χ3v) is 5.06. The molecule has 1 saturated carbocycles. The second-order valence-electron chi connectivity index (χ2n) is 4.34. The van der Waals surface area contributed by atoms with E-state index in [9.17, 15) is 26.3 Å². The maximum atomic E-state index is 12.9. The summed E-state index contributed by atoms with van der Waals surface area (Å²) in [5.74, 6) is -1.44. The van der Waals surface area contributed by atoms with Gasteiger partial charge in [0.05, 0.1) is 5.38 Å². The molecule has 98 valence electrons. The van der Waals surface area contributed by atoms with E-state index in [0.717, 1.165) is 6.08 Å². The summed E-state index contributed by atoms with van der Waals surface area (Å²) >= 11 is 10.8. The summed E-state index contributed by atoms with van der Waals surface area (Å²) in [5, 5.41) is -2.24. The van der Waals surface area contributed by atoms with E-state index in [0.29, 0.717) is 6.08 Å². The molecule has 8 heteroatoms. The van der Waals surface area contributed by atoms with Crippen molar-refractivity contribution in [3.63, 3.8) is 0 Å². The average Bonchev–Trinajstić information content (AvgIpc) is 2.64. The summed E-state index contributed by atoms with van der Waals surface area (Å²) in [4.78, 5) is -3.04. The molecule has 0 nitrogen and oxygen atoms in total. The first-order valence-corrected chi connectivity index (χ1v) is 5.44. The minimum atomic E-state index is -4.98. The van der Waals surface area contributed by atoms with Gasteiger partial charge in [-0.3, -0.25) is 0 Å². The molecule has 2 aliphatic rings. The van der Waals surface area contributed by atoms with E-state index in [2.05, 4.69) is 0 Å². The predicted octanol–water partition coefficient (Wildman–Crippen LogP) is 4.27. The molecule has 4 unspecified atom stereocenters. The lowest BCUT2D eigenvalue weighted by Gasteiger charge is -2.39. The van der Waals surface area contributed by atoms with Gasteiger partial charge < -0.3 is 0 Å². The van der Waals surface area contributed by atoms with Crippen molar-refractivity contribution < 1.29 is 26.3 Å². The van der Waals surface area contributed by atoms with Gasteiger partial charge in [-0.05, 0) is 6.42 Å². The third-order valence-electron chi connectivity index (χ3n) is 3.51. The molecular weight excluding hydrogens is 293 g/mol. The van der Waals surface area contributed by atoms with Crippen molar-refractivity contribution in [3.8, 4) is 0 Å². The third kappa shape index (κ3) is 1.40. The van der Waals surface area contributed by atoms with E-state index in [4.69, 9.17) is 23.2 Å². The minimum absolute atomic E-state index is 0.710. The molecule has 0 N–H and O–H groups in total. The van der Waals surface area contributed by atoms with Crippen molar-refractivity contribution in [2.24, 2.45) is 11.3 Å². The summed E-state index contributed by atoms with van der Waals surface area (Å²) in [6.45, 7) is 0. The van der Waals surface area contributed by atoms with Gasteiger partial charge in [0, 0.05) is 5.92 Å². The van der Waals surface area contributed by atoms with Gasteiger partial charge in [-0.1, -0.05) is 12.2 Å². The molecule has 0 radical (unpaired) electrons. The van der Waals surface area contributed by atoms with Crippen LogP contribution in [0.5, 0.6) is 0 Å². The van der Waals surface area contributed by atoms with Crippen LogP contribution in [0.25, 0.3) is 0 Å². The SMILES string of the molecule is FC(F)(F)C12C=CC(C1)C(Cl)(C(F)(F)F)C2Cl. The van der Waals surface area contributed by atoms with Crippen LogP contribution >= 0.6 is 23.2 Å². The van der Waals surface area contributed by atoms with Crippen molar-refractivity contribution in [3.05, 3.63) is 12.2 Å². The molecular formula is C9H6Cl2F6. The Kier molecular flexibility index (Phi) is 2.56. The molecule has 0 saturated heterocycles. The standard InChI is InChI=1S/C9H6Cl2F6/c10-5-6(8(12,13)14)2-1-4(3-6)7(5,11)9(15,16)17/h1-2,4-5H,3H2. The first-order chi connectivity index (χ1) is 7.47. The summed E-state index contributed by atoms with van der Waals surface area (Å²) in [7, 11) is 0. The van der Waals surface area contributed by atoms with Crippen molar-refractivity contribution >= 4 is 23.2 Å². The van der Waals surface area contributed by atoms with Crippen molar-refractivity contribution in [2.45, 2.75) is 29.0 Å². The number of rotatable bonds is 0. The van der Waals surface area contributed by atoms with Crippen molar-refractivity contribution in [2.75, 3.05) is 0 Å². The zero-order valence-electron chi connectivity index (χ0n) is 8.04. The van der Waals surface area contributed by atoms with E-state index in [1.165, 1.54) is 0 Å². The number of fused-ring (bicyclic) bond motifs is 2. The van der Waals surface area contributed by atoms with E-state index in [1.54, 1.807) is 0 Å². The van der Waals surface area contributed by atoms with Crippen LogP contribution < -0.4 is 0 Å². The van der Waals surface area contributed by atoms with Crippen LogP contribution in [-0.4, -0.2) is 22.6 Å². The Morgan fingerprint density at radius 3 is 1.88 bits per heavy atom. The Morgan fingerprint density at radius 2 is 1.59 bits per heavy atom. The number of allylic oxidation sites excluding steroid dienone is 2. The van der Waals surface area contributed by atoms with Crippen LogP contribution in [0.2, 0.25) is 0 Å². The van der Waals surface area contributed by atoms with Gasteiger partial charge in [-0.25, -0.2) is 0 Å². The molecule has 0 amide bonds. The van der Waals surface area contributed by atoms with Crippen LogP contribution in [-0.2, 0) is 0 Å². The van der Waals surface area contributed by atoms with Crippen LogP contribution in [0.1, 0.15) is 6.42 Å². The second kappa shape index (κ2) is 3.26. The molecule has 1 fully saturated rings. The van der Waals surface area contributed by atoms with E-state index in [1.807, 2.05) is 0 Å². The predicted molar refractivity (Wildman–Crippen MR) is 50.0 cm³/mol. The molecule has 0 aromatic heterocycles. The van der Waals surface area contributed by atoms with E-state index >= 15 is 0 Å². The smallest absolute Gasteiger partial charge is 0.170 e. The maximum Gasteiger partial charge on any atom is 0.409 e. The lowest BCUT2D eigenvalue weighted by Crippen LogP contribution is -2.55. The molecule has 2 rings (SSSR count). The Bertz CT molecular complexity index is 373. The highest BCUT2D eigenvalue weighted by molar-refractivity contribution is 6.34. The average molecular weight is 299 g/mol. The molecule has 0 aromatic carbocycles. The largest absolute Gasteiger partial charge is 0.409 e. The number of hydrogen-bond acceptors (Lipinski definition) is 0. The number of alkyl halides is 8. The molecule has 4 atom stereocenters. The lowest BCUT2D eigenvalue weighted by molar-refractivity contribution is -0.210. The second-order valence-corrected chi connectivity index (χ2v) is 5.40. The lowest BCUT2D eigenvalue weighted by atomic mass is 9.82. The molecule has 0 aromatic rings. The van der Waals surface area contributed by atoms with Crippen molar-refractivity contribution in [1.29, 1.82) is 0 Å². The summed E-state index contributed by atoms with van der Waals surface area (Å²) in [5.41, 5.74) is -2.67. The molecule has 0 spiro atoms. The molecule has 0 aliphatic heterocycles. The normalized spacial score (nSPS) is 45.6. The van der Waals surface area contributed by atoms with Crippen LogP contribution in [0.3, 0.4) is 0 Å². The molecule has 0 heterocycles. The Hall–Kier alpha value is -0.100. The zero-order valence-corrected chi connectivity index (χ0v) is 9.55. The van der Waals surface area contributed by atoms with Gasteiger partial charge in [0.2, 0.25) is 0 Å². The fourth-order valence-corrected chi connectivity index (χ4v) is 3.45. The fourth-order valence-electron chi connectivity index (χ4n) is 2.53. The highest BCUT2D eigenvalue weighted by Crippen LogP contribution is 2.68. The van der Waals surface area contributed by atoms with Gasteiger partial charge in [-0.15, -0.1) is 23.2 Å². The first kappa shape index (κ1) is 13.3. The summed E-state index contributed by atoms with van der Waals surface area (Å²) < 4.78 is 77.0. The maximum absolute atomic E-state index is 12.9. The quantitative estimate of drug-likeness (QED) is 0.356. The summed E-state index contributed by atoms with van der Waals surface area (Å²) in [6.07, 6.45) is -8.99. The van der Waals surface area contributed by atoms with E-state index in [-0.39, 0.29) is 0 Å². The zero-order chi connectivity index (χ0) is 13.3. The van der Waals surface area contributed by atoms with E-state index < -0.39 is 40.4 Å². The Morgan fingerprint density at radius 1 is 1.06 bits per heavy atom. The van der Waals surface area contributed by atoms with Gasteiger partial charge in [0.25, 0.3) is 0 Å². The molecule has 17 heavy (non-hydrogen) atoms. The minimum Gasteiger partial charge on any atom is -0.170 e. The topological polar surface area (TPSA) is 0 Å².